The lowest BCUT2D eigenvalue weighted by atomic mass is 9.99. The van der Waals surface area contributed by atoms with Gasteiger partial charge in [-0.15, -0.1) is 0 Å². The van der Waals surface area contributed by atoms with E-state index >= 15 is 0 Å². The Morgan fingerprint density at radius 1 is 0.828 bits per heavy atom. The van der Waals surface area contributed by atoms with Crippen molar-refractivity contribution in [2.45, 2.75) is 64.9 Å². The van der Waals surface area contributed by atoms with E-state index in [1.54, 1.807) is 20.8 Å². The summed E-state index contributed by atoms with van der Waals surface area (Å²) < 4.78 is 5.14. The first-order valence-corrected chi connectivity index (χ1v) is 9.61. The number of Topliss-reactive ketones (excluding diaryl/α,β-unsaturated/α-hetero) is 1. The van der Waals surface area contributed by atoms with Crippen molar-refractivity contribution < 1.29 is 34.1 Å². The number of nitrogens with one attached hydrogen (secondary N) is 1. The highest BCUT2D eigenvalue weighted by Gasteiger charge is 2.16. The summed E-state index contributed by atoms with van der Waals surface area (Å²) >= 11 is 0. The molecule has 0 saturated heterocycles. The monoisotopic (exact) mass is 407 g/mol. The average Bonchev–Trinajstić information content (AvgIpc) is 2.61. The number of carboxylic acid groups (broad SMARTS) is 2. The molecule has 0 spiro atoms. The van der Waals surface area contributed by atoms with Gasteiger partial charge in [0.2, 0.25) is 0 Å². The molecule has 0 radical (unpaired) electrons. The molecule has 0 aromatic heterocycles. The first-order chi connectivity index (χ1) is 13.5. The maximum absolute atomic E-state index is 12.3. The highest BCUT2D eigenvalue weighted by Crippen LogP contribution is 2.15. The number of aromatic carboxylic acids is 2. The first kappa shape index (κ1) is 24.1. The molecule has 160 valence electrons. The van der Waals surface area contributed by atoms with Crippen LogP contribution in [0, 0.1) is 0 Å². The Morgan fingerprint density at radius 3 is 1.83 bits per heavy atom. The summed E-state index contributed by atoms with van der Waals surface area (Å²) in [5.74, 6) is -2.83. The van der Waals surface area contributed by atoms with E-state index in [4.69, 9.17) is 14.9 Å². The number of carboxylic acids is 2. The van der Waals surface area contributed by atoms with Crippen molar-refractivity contribution in [3.05, 3.63) is 34.9 Å². The van der Waals surface area contributed by atoms with Crippen molar-refractivity contribution in [3.63, 3.8) is 0 Å². The van der Waals surface area contributed by atoms with Gasteiger partial charge in [0.05, 0.1) is 11.1 Å². The molecule has 1 rings (SSSR count). The van der Waals surface area contributed by atoms with Crippen molar-refractivity contribution in [3.8, 4) is 0 Å². The van der Waals surface area contributed by atoms with Gasteiger partial charge in [0.15, 0.2) is 5.78 Å². The summed E-state index contributed by atoms with van der Waals surface area (Å²) in [5.41, 5.74) is -0.855. The van der Waals surface area contributed by atoms with E-state index in [1.807, 2.05) is 0 Å². The summed E-state index contributed by atoms with van der Waals surface area (Å²) in [6, 6.07) is 3.45. The van der Waals surface area contributed by atoms with E-state index in [2.05, 4.69) is 5.32 Å². The molecule has 29 heavy (non-hydrogen) atoms. The minimum absolute atomic E-state index is 0.101. The van der Waals surface area contributed by atoms with Gasteiger partial charge < -0.3 is 20.3 Å². The van der Waals surface area contributed by atoms with Gasteiger partial charge >= 0.3 is 18.0 Å². The molecule has 3 N–H and O–H groups in total. The topological polar surface area (TPSA) is 130 Å². The second kappa shape index (κ2) is 11.2. The molecular weight excluding hydrogens is 378 g/mol. The fourth-order valence-electron chi connectivity index (χ4n) is 2.63. The zero-order chi connectivity index (χ0) is 22.0. The summed E-state index contributed by atoms with van der Waals surface area (Å²) in [6.45, 7) is 5.92. The number of rotatable bonds is 11. The van der Waals surface area contributed by atoms with Gasteiger partial charge in [0, 0.05) is 18.5 Å². The largest absolute Gasteiger partial charge is 0.478 e. The van der Waals surface area contributed by atoms with E-state index in [0.29, 0.717) is 13.0 Å². The second-order valence-electron chi connectivity index (χ2n) is 7.78. The molecule has 8 heteroatoms. The van der Waals surface area contributed by atoms with Crippen LogP contribution in [0.15, 0.2) is 18.2 Å². The van der Waals surface area contributed by atoms with Gasteiger partial charge in [-0.2, -0.15) is 0 Å². The van der Waals surface area contributed by atoms with Gasteiger partial charge in [-0.05, 0) is 51.8 Å². The summed E-state index contributed by atoms with van der Waals surface area (Å²) in [7, 11) is 0. The van der Waals surface area contributed by atoms with Crippen LogP contribution in [0.5, 0.6) is 0 Å². The van der Waals surface area contributed by atoms with Gasteiger partial charge in [-0.1, -0.05) is 19.3 Å². The Bertz CT molecular complexity index is 718. The number of hydrogen-bond donors (Lipinski definition) is 3. The number of carbonyl (C=O) groups is 4. The second-order valence-corrected chi connectivity index (χ2v) is 7.78. The average molecular weight is 407 g/mol. The zero-order valence-electron chi connectivity index (χ0n) is 17.1. The van der Waals surface area contributed by atoms with Crippen molar-refractivity contribution in [1.82, 2.24) is 5.32 Å². The standard InChI is InChI=1S/C21H29NO7/c1-21(2,3)29-20(28)22-10-8-6-4-5-7-9-17(23)14-11-15(18(24)25)13-16(12-14)19(26)27/h11-13H,4-10H2,1-3H3,(H,22,28)(H,24,25)(H,26,27). The number of carbonyl (C=O) groups excluding carboxylic acids is 2. The van der Waals surface area contributed by atoms with Crippen molar-refractivity contribution in [2.75, 3.05) is 6.54 Å². The molecule has 0 aliphatic carbocycles. The first-order valence-electron chi connectivity index (χ1n) is 9.61. The number of ether oxygens (including phenoxy) is 1. The molecule has 0 atom stereocenters. The predicted molar refractivity (Wildman–Crippen MR) is 107 cm³/mol. The molecule has 0 unspecified atom stereocenters. The lowest BCUT2D eigenvalue weighted by Crippen LogP contribution is -2.32. The van der Waals surface area contributed by atoms with E-state index < -0.39 is 23.6 Å². The number of ketones is 1. The Morgan fingerprint density at radius 2 is 1.31 bits per heavy atom. The van der Waals surface area contributed by atoms with Crippen molar-refractivity contribution >= 4 is 23.8 Å². The van der Waals surface area contributed by atoms with Gasteiger partial charge in [-0.3, -0.25) is 4.79 Å². The molecule has 1 amide bonds. The quantitative estimate of drug-likeness (QED) is 0.371. The molecule has 0 saturated carbocycles. The SMILES string of the molecule is CC(C)(C)OC(=O)NCCCCCCCC(=O)c1cc(C(=O)O)cc(C(=O)O)c1. The fraction of sp³-hybridized carbons (Fsp3) is 0.524. The maximum Gasteiger partial charge on any atom is 0.407 e. The zero-order valence-corrected chi connectivity index (χ0v) is 17.1. The van der Waals surface area contributed by atoms with Gasteiger partial charge in [0.25, 0.3) is 0 Å². The summed E-state index contributed by atoms with van der Waals surface area (Å²) in [4.78, 5) is 46.0. The molecule has 0 heterocycles. The Kier molecular flexibility index (Phi) is 9.31. The minimum Gasteiger partial charge on any atom is -0.478 e. The third kappa shape index (κ3) is 9.73. The molecule has 1 aromatic rings. The van der Waals surface area contributed by atoms with Crippen LogP contribution in [-0.4, -0.2) is 46.2 Å². The number of amides is 1. The lowest BCUT2D eigenvalue weighted by molar-refractivity contribution is 0.0525. The molecule has 0 aliphatic heterocycles. The summed E-state index contributed by atoms with van der Waals surface area (Å²) in [6.07, 6.45) is 3.79. The minimum atomic E-state index is -1.28. The highest BCUT2D eigenvalue weighted by molar-refractivity contribution is 6.02. The Balaban J connectivity index is 2.32. The third-order valence-corrected chi connectivity index (χ3v) is 4.00. The highest BCUT2D eigenvalue weighted by atomic mass is 16.6. The van der Waals surface area contributed by atoms with Crippen molar-refractivity contribution in [2.24, 2.45) is 0 Å². The maximum atomic E-state index is 12.3. The number of hydrogen-bond acceptors (Lipinski definition) is 5. The Labute approximate surface area is 170 Å². The molecule has 0 fully saturated rings. The van der Waals surface area contributed by atoms with Crippen LogP contribution in [0.2, 0.25) is 0 Å². The molecular formula is C21H29NO7. The van der Waals surface area contributed by atoms with E-state index in [1.165, 1.54) is 12.1 Å². The Hall–Kier alpha value is -2.90. The smallest absolute Gasteiger partial charge is 0.407 e. The third-order valence-electron chi connectivity index (χ3n) is 4.00. The van der Waals surface area contributed by atoms with Crippen LogP contribution < -0.4 is 5.32 Å². The molecule has 0 aliphatic rings. The number of benzene rings is 1. The van der Waals surface area contributed by atoms with Crippen LogP contribution in [0.1, 0.15) is 90.4 Å². The van der Waals surface area contributed by atoms with Gasteiger partial charge in [0.1, 0.15) is 5.60 Å². The van der Waals surface area contributed by atoms with Crippen LogP contribution in [-0.2, 0) is 4.74 Å². The molecule has 0 bridgehead atoms. The van der Waals surface area contributed by atoms with E-state index in [0.717, 1.165) is 31.7 Å². The molecule has 1 aromatic carbocycles. The lowest BCUT2D eigenvalue weighted by Gasteiger charge is -2.19. The van der Waals surface area contributed by atoms with Crippen LogP contribution in [0.3, 0.4) is 0 Å². The van der Waals surface area contributed by atoms with E-state index in [9.17, 15) is 19.2 Å². The predicted octanol–water partition coefficient (Wildman–Crippen LogP) is 4.13. The summed E-state index contributed by atoms with van der Waals surface area (Å²) in [5, 5.41) is 20.8. The normalized spacial score (nSPS) is 11.0. The molecule has 8 nitrogen and oxygen atoms in total. The van der Waals surface area contributed by atoms with Crippen molar-refractivity contribution in [1.29, 1.82) is 0 Å². The fourth-order valence-corrected chi connectivity index (χ4v) is 2.63. The van der Waals surface area contributed by atoms with Crippen LogP contribution in [0.4, 0.5) is 4.79 Å². The van der Waals surface area contributed by atoms with Gasteiger partial charge in [-0.25, -0.2) is 14.4 Å². The number of alkyl carbamates (subject to hydrolysis) is 1. The van der Waals surface area contributed by atoms with E-state index in [-0.39, 0.29) is 28.9 Å². The van der Waals surface area contributed by atoms with Crippen LogP contribution >= 0.6 is 0 Å². The number of unbranched alkanes of at least 4 members (excludes halogenated alkanes) is 4. The van der Waals surface area contributed by atoms with Crippen LogP contribution in [0.25, 0.3) is 0 Å².